The molecule has 0 aliphatic heterocycles. The molecule has 8 heteroatoms. The van der Waals surface area contributed by atoms with Gasteiger partial charge in [-0.1, -0.05) is 11.3 Å². The monoisotopic (exact) mass is 289 g/mol. The lowest BCUT2D eigenvalue weighted by molar-refractivity contribution is -0.121. The van der Waals surface area contributed by atoms with Gasteiger partial charge in [0.05, 0.1) is 12.7 Å². The second-order valence-electron chi connectivity index (χ2n) is 4.34. The molecular weight excluding hydrogens is 274 g/mol. The van der Waals surface area contributed by atoms with Crippen molar-refractivity contribution in [2.75, 3.05) is 6.54 Å². The number of hydrogen-bond acceptors (Lipinski definition) is 5. The lowest BCUT2D eigenvalue weighted by Crippen LogP contribution is -2.27. The Labute approximate surface area is 120 Å². The fraction of sp³-hybridized carbons (Fsp3) is 0.308. The van der Waals surface area contributed by atoms with E-state index in [2.05, 4.69) is 20.6 Å². The van der Waals surface area contributed by atoms with Crippen LogP contribution < -0.4 is 5.32 Å². The van der Waals surface area contributed by atoms with E-state index in [1.165, 1.54) is 10.9 Å². The summed E-state index contributed by atoms with van der Waals surface area (Å²) in [6, 6.07) is 5.58. The number of pyridine rings is 1. The molecule has 0 saturated carbocycles. The van der Waals surface area contributed by atoms with Crippen LogP contribution in [0.15, 0.2) is 30.6 Å². The van der Waals surface area contributed by atoms with Crippen molar-refractivity contribution in [3.8, 4) is 0 Å². The zero-order valence-electron chi connectivity index (χ0n) is 11.3. The third kappa shape index (κ3) is 4.68. The van der Waals surface area contributed by atoms with Crippen molar-refractivity contribution in [2.24, 2.45) is 0 Å². The average molecular weight is 289 g/mol. The molecule has 0 bridgehead atoms. The van der Waals surface area contributed by atoms with Gasteiger partial charge in [-0.2, -0.15) is 0 Å². The van der Waals surface area contributed by atoms with Gasteiger partial charge in [-0.15, -0.1) is 5.10 Å². The first-order valence-electron chi connectivity index (χ1n) is 6.45. The third-order valence-electron chi connectivity index (χ3n) is 2.76. The van der Waals surface area contributed by atoms with Crippen molar-refractivity contribution >= 4 is 11.9 Å². The van der Waals surface area contributed by atoms with Crippen molar-refractivity contribution < 1.29 is 14.7 Å². The number of aryl methyl sites for hydroxylation is 1. The number of nitrogens with zero attached hydrogens (tertiary/aromatic N) is 4. The van der Waals surface area contributed by atoms with Gasteiger partial charge in [0.2, 0.25) is 5.91 Å². The molecule has 0 atom stereocenters. The van der Waals surface area contributed by atoms with E-state index in [0.29, 0.717) is 25.9 Å². The number of aromatic carboxylic acids is 1. The Hall–Kier alpha value is -2.77. The van der Waals surface area contributed by atoms with E-state index in [1.54, 1.807) is 6.20 Å². The summed E-state index contributed by atoms with van der Waals surface area (Å²) in [6.45, 7) is 0.735. The molecule has 2 heterocycles. The first-order valence-corrected chi connectivity index (χ1v) is 6.45. The van der Waals surface area contributed by atoms with Gasteiger partial charge in [0.1, 0.15) is 0 Å². The van der Waals surface area contributed by atoms with Crippen LogP contribution in [0.2, 0.25) is 0 Å². The van der Waals surface area contributed by atoms with Gasteiger partial charge in [-0.25, -0.2) is 9.48 Å². The van der Waals surface area contributed by atoms with Crippen LogP contribution in [-0.2, 0) is 17.8 Å². The molecule has 2 aromatic rings. The molecule has 0 aliphatic carbocycles. The highest BCUT2D eigenvalue weighted by molar-refractivity contribution is 5.84. The van der Waals surface area contributed by atoms with Gasteiger partial charge < -0.3 is 10.4 Å². The zero-order valence-corrected chi connectivity index (χ0v) is 11.3. The van der Waals surface area contributed by atoms with Crippen LogP contribution in [0, 0.1) is 0 Å². The van der Waals surface area contributed by atoms with E-state index >= 15 is 0 Å². The number of carboxylic acid groups (broad SMARTS) is 1. The number of carboxylic acids is 1. The maximum atomic E-state index is 11.6. The Bertz CT molecular complexity index is 611. The molecular formula is C13H15N5O3. The summed E-state index contributed by atoms with van der Waals surface area (Å²) < 4.78 is 1.38. The van der Waals surface area contributed by atoms with E-state index < -0.39 is 5.97 Å². The maximum absolute atomic E-state index is 11.6. The van der Waals surface area contributed by atoms with Crippen molar-refractivity contribution in [2.45, 2.75) is 19.4 Å². The fourth-order valence-electron chi connectivity index (χ4n) is 1.69. The number of carbonyl (C=O) groups excluding carboxylic acids is 1. The number of nitrogens with one attached hydrogen (secondary N) is 1. The van der Waals surface area contributed by atoms with Crippen LogP contribution in [0.4, 0.5) is 0 Å². The molecule has 0 saturated heterocycles. The normalized spacial score (nSPS) is 10.3. The molecule has 1 amide bonds. The van der Waals surface area contributed by atoms with Crippen LogP contribution in [0.3, 0.4) is 0 Å². The Morgan fingerprint density at radius 3 is 2.86 bits per heavy atom. The van der Waals surface area contributed by atoms with Crippen LogP contribution in [0.5, 0.6) is 0 Å². The highest BCUT2D eigenvalue weighted by Gasteiger charge is 2.08. The summed E-state index contributed by atoms with van der Waals surface area (Å²) in [5, 5.41) is 18.6. The summed E-state index contributed by atoms with van der Waals surface area (Å²) in [4.78, 5) is 26.4. The molecule has 0 fully saturated rings. The zero-order chi connectivity index (χ0) is 15.1. The molecule has 0 unspecified atom stereocenters. The Kier molecular flexibility index (Phi) is 4.97. The van der Waals surface area contributed by atoms with E-state index in [4.69, 9.17) is 5.11 Å². The minimum Gasteiger partial charge on any atom is -0.476 e. The van der Waals surface area contributed by atoms with Crippen LogP contribution in [0.1, 0.15) is 22.6 Å². The predicted molar refractivity (Wildman–Crippen MR) is 72.5 cm³/mol. The summed E-state index contributed by atoms with van der Waals surface area (Å²) >= 11 is 0. The fourth-order valence-corrected chi connectivity index (χ4v) is 1.69. The smallest absolute Gasteiger partial charge is 0.358 e. The molecule has 21 heavy (non-hydrogen) atoms. The van der Waals surface area contributed by atoms with Gasteiger partial charge in [-0.3, -0.25) is 9.78 Å². The first kappa shape index (κ1) is 14.6. The highest BCUT2D eigenvalue weighted by atomic mass is 16.4. The van der Waals surface area contributed by atoms with Gasteiger partial charge in [0.15, 0.2) is 5.69 Å². The highest BCUT2D eigenvalue weighted by Crippen LogP contribution is 1.98. The van der Waals surface area contributed by atoms with Crippen LogP contribution >= 0.6 is 0 Å². The van der Waals surface area contributed by atoms with Crippen LogP contribution in [0.25, 0.3) is 0 Å². The number of hydrogen-bond donors (Lipinski definition) is 2. The number of rotatable bonds is 7. The van der Waals surface area contributed by atoms with E-state index in [9.17, 15) is 9.59 Å². The summed E-state index contributed by atoms with van der Waals surface area (Å²) in [7, 11) is 0. The third-order valence-corrected chi connectivity index (χ3v) is 2.76. The van der Waals surface area contributed by atoms with Crippen molar-refractivity contribution in [1.82, 2.24) is 25.3 Å². The first-order chi connectivity index (χ1) is 10.1. The quantitative estimate of drug-likeness (QED) is 0.749. The molecule has 110 valence electrons. The van der Waals surface area contributed by atoms with Crippen molar-refractivity contribution in [1.29, 1.82) is 0 Å². The molecule has 0 aromatic carbocycles. The van der Waals surface area contributed by atoms with Crippen molar-refractivity contribution in [3.05, 3.63) is 42.0 Å². The second-order valence-corrected chi connectivity index (χ2v) is 4.34. The van der Waals surface area contributed by atoms with Crippen molar-refractivity contribution in [3.63, 3.8) is 0 Å². The maximum Gasteiger partial charge on any atom is 0.358 e. The largest absolute Gasteiger partial charge is 0.476 e. The average Bonchev–Trinajstić information content (AvgIpc) is 2.95. The van der Waals surface area contributed by atoms with Gasteiger partial charge in [0, 0.05) is 24.9 Å². The molecule has 2 N–H and O–H groups in total. The van der Waals surface area contributed by atoms with Gasteiger partial charge in [-0.05, 0) is 18.6 Å². The molecule has 0 radical (unpaired) electrons. The number of aromatic nitrogens is 4. The summed E-state index contributed by atoms with van der Waals surface area (Å²) in [5.74, 6) is -1.21. The van der Waals surface area contributed by atoms with Gasteiger partial charge >= 0.3 is 5.97 Å². The topological polar surface area (TPSA) is 110 Å². The predicted octanol–water partition coefficient (Wildman–Crippen LogP) is 0.120. The molecule has 0 spiro atoms. The minimum absolute atomic E-state index is 0.0840. The molecule has 0 aliphatic rings. The molecule has 2 rings (SSSR count). The lowest BCUT2D eigenvalue weighted by atomic mass is 10.2. The number of carbonyl (C=O) groups is 2. The Morgan fingerprint density at radius 2 is 2.19 bits per heavy atom. The SMILES string of the molecule is O=C(CCc1ccccn1)NCCn1cc(C(=O)O)nn1. The molecule has 2 aromatic heterocycles. The minimum atomic E-state index is -1.12. The number of amides is 1. The van der Waals surface area contributed by atoms with Gasteiger partial charge in [0.25, 0.3) is 0 Å². The van der Waals surface area contributed by atoms with Crippen LogP contribution in [-0.4, -0.2) is 43.5 Å². The van der Waals surface area contributed by atoms with E-state index in [1.807, 2.05) is 18.2 Å². The molecule has 8 nitrogen and oxygen atoms in total. The Morgan fingerprint density at radius 1 is 1.33 bits per heavy atom. The Balaban J connectivity index is 1.68. The standard InChI is InChI=1S/C13H15N5O3/c19-12(5-4-10-3-1-2-6-14-10)15-7-8-18-9-11(13(20)21)16-17-18/h1-3,6,9H,4-5,7-8H2,(H,15,19)(H,20,21). The summed E-state index contributed by atoms with van der Waals surface area (Å²) in [5.41, 5.74) is 0.756. The van der Waals surface area contributed by atoms with E-state index in [-0.39, 0.29) is 11.6 Å². The lowest BCUT2D eigenvalue weighted by Gasteiger charge is -2.04. The second kappa shape index (κ2) is 7.13. The summed E-state index contributed by atoms with van der Waals surface area (Å²) in [6.07, 6.45) is 3.95. The van der Waals surface area contributed by atoms with E-state index in [0.717, 1.165) is 5.69 Å².